The van der Waals surface area contributed by atoms with Gasteiger partial charge in [0.1, 0.15) is 11.4 Å². The van der Waals surface area contributed by atoms with E-state index >= 15 is 0 Å². The molecule has 1 saturated carbocycles. The lowest BCUT2D eigenvalue weighted by Gasteiger charge is -2.22. The average molecular weight is 346 g/mol. The van der Waals surface area contributed by atoms with Gasteiger partial charge in [0.15, 0.2) is 0 Å². The number of ether oxygens (including phenoxy) is 1. The molecule has 5 heteroatoms. The molecule has 4 nitrogen and oxygen atoms in total. The van der Waals surface area contributed by atoms with Crippen LogP contribution in [0.4, 0.5) is 0 Å². The summed E-state index contributed by atoms with van der Waals surface area (Å²) in [4.78, 5) is 19.5. The smallest absolute Gasteiger partial charge is 0.264 e. The minimum absolute atomic E-state index is 0.0192. The van der Waals surface area contributed by atoms with Gasteiger partial charge in [-0.15, -0.1) is 0 Å². The number of hydrogen-bond acceptors (Lipinski definition) is 3. The molecule has 2 heterocycles. The van der Waals surface area contributed by atoms with Gasteiger partial charge in [0.05, 0.1) is 9.26 Å². The van der Waals surface area contributed by atoms with Crippen LogP contribution in [0.15, 0.2) is 4.79 Å². The molecule has 1 N–H and O–H groups in total. The Morgan fingerprint density at radius 1 is 1.53 bits per heavy atom. The summed E-state index contributed by atoms with van der Waals surface area (Å²) in [5.41, 5.74) is 0.558. The zero-order valence-electron chi connectivity index (χ0n) is 9.75. The highest BCUT2D eigenvalue weighted by Crippen LogP contribution is 2.41. The molecule has 1 unspecified atom stereocenters. The summed E-state index contributed by atoms with van der Waals surface area (Å²) in [7, 11) is 0. The number of hydrogen-bond donors (Lipinski definition) is 1. The number of H-pyrrole nitrogens is 1. The first-order valence-electron chi connectivity index (χ1n) is 6.04. The van der Waals surface area contributed by atoms with Crippen LogP contribution in [0.5, 0.6) is 0 Å². The van der Waals surface area contributed by atoms with Crippen molar-refractivity contribution in [3.8, 4) is 0 Å². The number of nitrogens with zero attached hydrogens (tertiary/aromatic N) is 1. The number of rotatable bonds is 2. The van der Waals surface area contributed by atoms with Gasteiger partial charge in [0, 0.05) is 12.5 Å². The van der Waals surface area contributed by atoms with Crippen molar-refractivity contribution in [2.45, 2.75) is 44.1 Å². The van der Waals surface area contributed by atoms with E-state index in [1.54, 1.807) is 0 Å². The first-order chi connectivity index (χ1) is 8.10. The van der Waals surface area contributed by atoms with Crippen LogP contribution in [0.25, 0.3) is 0 Å². The van der Waals surface area contributed by atoms with Crippen molar-refractivity contribution in [2.75, 3.05) is 6.61 Å². The van der Waals surface area contributed by atoms with Crippen molar-refractivity contribution in [1.82, 2.24) is 9.97 Å². The maximum atomic E-state index is 11.9. The third-order valence-electron chi connectivity index (χ3n) is 3.57. The van der Waals surface area contributed by atoms with E-state index < -0.39 is 5.60 Å². The van der Waals surface area contributed by atoms with Crippen molar-refractivity contribution in [1.29, 1.82) is 0 Å². The molecule has 1 aromatic heterocycles. The summed E-state index contributed by atoms with van der Waals surface area (Å²) in [5, 5.41) is 0. The van der Waals surface area contributed by atoms with Crippen LogP contribution in [-0.2, 0) is 10.3 Å². The van der Waals surface area contributed by atoms with Crippen LogP contribution < -0.4 is 5.56 Å². The topological polar surface area (TPSA) is 55.0 Å². The first-order valence-corrected chi connectivity index (χ1v) is 7.12. The second-order valence-electron chi connectivity index (χ2n) is 5.07. The van der Waals surface area contributed by atoms with Gasteiger partial charge in [-0.25, -0.2) is 4.98 Å². The van der Waals surface area contributed by atoms with Crippen molar-refractivity contribution in [3.63, 3.8) is 0 Å². The highest BCUT2D eigenvalue weighted by molar-refractivity contribution is 14.1. The maximum Gasteiger partial charge on any atom is 0.264 e. The summed E-state index contributed by atoms with van der Waals surface area (Å²) < 4.78 is 6.49. The van der Waals surface area contributed by atoms with Gasteiger partial charge in [-0.3, -0.25) is 4.79 Å². The van der Waals surface area contributed by atoms with Crippen LogP contribution in [0.2, 0.25) is 0 Å². The molecular formula is C12H15IN2O2. The van der Waals surface area contributed by atoms with Crippen molar-refractivity contribution in [3.05, 3.63) is 25.4 Å². The summed E-state index contributed by atoms with van der Waals surface area (Å²) in [5.74, 6) is 1.20. The van der Waals surface area contributed by atoms with E-state index in [1.165, 1.54) is 0 Å². The van der Waals surface area contributed by atoms with Crippen LogP contribution in [0.1, 0.15) is 50.0 Å². The third kappa shape index (κ3) is 2.03. The lowest BCUT2D eigenvalue weighted by molar-refractivity contribution is 0.00890. The Hall–Kier alpha value is -0.430. The Morgan fingerprint density at radius 3 is 2.88 bits per heavy atom. The van der Waals surface area contributed by atoms with Crippen LogP contribution in [0, 0.1) is 3.57 Å². The highest BCUT2D eigenvalue weighted by Gasteiger charge is 2.37. The lowest BCUT2D eigenvalue weighted by atomic mass is 10.0. The molecule has 0 amide bonds. The largest absolute Gasteiger partial charge is 0.367 e. The molecule has 1 aliphatic heterocycles. The van der Waals surface area contributed by atoms with E-state index in [0.29, 0.717) is 11.7 Å². The molecule has 2 fully saturated rings. The quantitative estimate of drug-likeness (QED) is 0.836. The first kappa shape index (κ1) is 11.6. The maximum absolute atomic E-state index is 11.9. The summed E-state index contributed by atoms with van der Waals surface area (Å²) in [6, 6.07) is 0. The second-order valence-corrected chi connectivity index (χ2v) is 6.15. The minimum Gasteiger partial charge on any atom is -0.367 e. The Labute approximate surface area is 113 Å². The van der Waals surface area contributed by atoms with Gasteiger partial charge < -0.3 is 9.72 Å². The molecule has 2 aliphatic rings. The monoisotopic (exact) mass is 346 g/mol. The normalized spacial score (nSPS) is 28.6. The van der Waals surface area contributed by atoms with E-state index in [1.807, 2.05) is 6.92 Å². The van der Waals surface area contributed by atoms with Crippen molar-refractivity contribution < 1.29 is 4.74 Å². The van der Waals surface area contributed by atoms with Gasteiger partial charge in [-0.1, -0.05) is 0 Å². The molecule has 0 radical (unpaired) electrons. The molecule has 1 atom stereocenters. The number of aromatic nitrogens is 2. The molecule has 3 rings (SSSR count). The Bertz CT molecular complexity index is 502. The molecule has 1 aromatic rings. The fourth-order valence-corrected chi connectivity index (χ4v) is 3.02. The predicted octanol–water partition coefficient (Wildman–Crippen LogP) is 2.28. The zero-order valence-corrected chi connectivity index (χ0v) is 11.9. The molecule has 0 bridgehead atoms. The molecule has 92 valence electrons. The Morgan fingerprint density at radius 2 is 2.29 bits per heavy atom. The van der Waals surface area contributed by atoms with Crippen molar-refractivity contribution >= 4 is 22.6 Å². The van der Waals surface area contributed by atoms with E-state index in [-0.39, 0.29) is 5.56 Å². The van der Waals surface area contributed by atoms with Crippen LogP contribution >= 0.6 is 22.6 Å². The van der Waals surface area contributed by atoms with Gasteiger partial charge in [0.25, 0.3) is 5.56 Å². The Kier molecular flexibility index (Phi) is 2.77. The number of aromatic amines is 1. The number of nitrogens with one attached hydrogen (secondary N) is 1. The fourth-order valence-electron chi connectivity index (χ4n) is 2.32. The van der Waals surface area contributed by atoms with E-state index in [2.05, 4.69) is 32.6 Å². The minimum atomic E-state index is -0.396. The molecule has 1 aliphatic carbocycles. The fraction of sp³-hybridized carbons (Fsp3) is 0.667. The summed E-state index contributed by atoms with van der Waals surface area (Å²) in [6.07, 6.45) is 4.28. The summed E-state index contributed by atoms with van der Waals surface area (Å²) >= 11 is 2.10. The van der Waals surface area contributed by atoms with Crippen LogP contribution in [0.3, 0.4) is 0 Å². The predicted molar refractivity (Wildman–Crippen MR) is 72.1 cm³/mol. The van der Waals surface area contributed by atoms with Crippen LogP contribution in [-0.4, -0.2) is 16.6 Å². The molecule has 17 heavy (non-hydrogen) atoms. The van der Waals surface area contributed by atoms with E-state index in [9.17, 15) is 4.79 Å². The van der Waals surface area contributed by atoms with Gasteiger partial charge in [0.2, 0.25) is 0 Å². The highest BCUT2D eigenvalue weighted by atomic mass is 127. The van der Waals surface area contributed by atoms with Crippen molar-refractivity contribution in [2.24, 2.45) is 0 Å². The molecule has 0 aromatic carbocycles. The summed E-state index contributed by atoms with van der Waals surface area (Å²) in [6.45, 7) is 2.77. The molecule has 0 spiro atoms. The standard InChI is InChI=1S/C12H15IN2O2/c1-12(5-2-6-17-12)11-14-9(7-3-4-7)8(13)10(16)15-11/h7H,2-6H2,1H3,(H,14,15,16). The molecular weight excluding hydrogens is 331 g/mol. The average Bonchev–Trinajstić information content (AvgIpc) is 3.05. The molecule has 1 saturated heterocycles. The van der Waals surface area contributed by atoms with Gasteiger partial charge in [-0.05, 0) is 55.2 Å². The van der Waals surface area contributed by atoms with Gasteiger partial charge >= 0.3 is 0 Å². The number of halogens is 1. The Balaban J connectivity index is 2.08. The third-order valence-corrected chi connectivity index (χ3v) is 4.61. The second kappa shape index (κ2) is 4.05. The zero-order chi connectivity index (χ0) is 12.0. The van der Waals surface area contributed by atoms with E-state index in [0.717, 1.165) is 41.6 Å². The lowest BCUT2D eigenvalue weighted by Crippen LogP contribution is -2.29. The van der Waals surface area contributed by atoms with E-state index in [4.69, 9.17) is 4.74 Å². The SMILES string of the molecule is CC1(c2nc(C3CC3)c(I)c(=O)[nH]2)CCCO1. The van der Waals surface area contributed by atoms with Gasteiger partial charge in [-0.2, -0.15) is 0 Å².